The maximum atomic E-state index is 11.9. The number of amides is 1. The third-order valence-electron chi connectivity index (χ3n) is 4.05. The van der Waals surface area contributed by atoms with E-state index in [2.05, 4.69) is 32.3 Å². The van der Waals surface area contributed by atoms with Gasteiger partial charge in [-0.25, -0.2) is 9.97 Å². The molecule has 1 fully saturated rings. The Hall–Kier alpha value is -1.95. The Morgan fingerprint density at radius 3 is 2.65 bits per heavy atom. The molecule has 0 aromatic carbocycles. The minimum absolute atomic E-state index is 0.00695. The van der Waals surface area contributed by atoms with Gasteiger partial charge in [0, 0.05) is 31.2 Å². The van der Waals surface area contributed by atoms with Crippen molar-refractivity contribution in [1.29, 1.82) is 0 Å². The highest BCUT2D eigenvalue weighted by atomic mass is 32.1. The third kappa shape index (κ3) is 4.76. The second-order valence-corrected chi connectivity index (χ2v) is 6.58. The molecule has 5 nitrogen and oxygen atoms in total. The molecule has 1 N–H and O–H groups in total. The van der Waals surface area contributed by atoms with Crippen LogP contribution in [-0.2, 0) is 17.8 Å². The number of carbonyl (C=O) groups excluding carboxylic acids is 1. The molecular weight excluding hydrogens is 308 g/mol. The number of thiazole rings is 1. The van der Waals surface area contributed by atoms with E-state index in [1.807, 2.05) is 11.6 Å². The molecule has 0 spiro atoms. The van der Waals surface area contributed by atoms with Gasteiger partial charge in [-0.3, -0.25) is 4.79 Å². The number of aromatic nitrogens is 2. The predicted molar refractivity (Wildman–Crippen MR) is 92.6 cm³/mol. The first kappa shape index (κ1) is 15.9. The number of pyridine rings is 1. The number of anilines is 1. The minimum Gasteiger partial charge on any atom is -0.357 e. The zero-order valence-electron chi connectivity index (χ0n) is 13.2. The van der Waals surface area contributed by atoms with Crippen molar-refractivity contribution < 1.29 is 4.79 Å². The van der Waals surface area contributed by atoms with E-state index in [1.54, 1.807) is 5.51 Å². The summed E-state index contributed by atoms with van der Waals surface area (Å²) in [5, 5.41) is 4.82. The second kappa shape index (κ2) is 8.06. The molecule has 0 aliphatic carbocycles. The molecule has 6 heteroatoms. The SMILES string of the molecule is O=C(Cc1cscn1)NCc1ccc(N2CCCCCC2)nc1. The van der Waals surface area contributed by atoms with Crippen molar-refractivity contribution in [1.82, 2.24) is 15.3 Å². The molecule has 3 heterocycles. The van der Waals surface area contributed by atoms with Gasteiger partial charge in [0.25, 0.3) is 0 Å². The highest BCUT2D eigenvalue weighted by Crippen LogP contribution is 2.17. The van der Waals surface area contributed by atoms with Crippen molar-refractivity contribution in [2.24, 2.45) is 0 Å². The Kier molecular flexibility index (Phi) is 5.58. The van der Waals surface area contributed by atoms with E-state index in [1.165, 1.54) is 37.0 Å². The Morgan fingerprint density at radius 2 is 2.00 bits per heavy atom. The molecule has 0 bridgehead atoms. The van der Waals surface area contributed by atoms with Crippen molar-refractivity contribution in [3.8, 4) is 0 Å². The van der Waals surface area contributed by atoms with Crippen molar-refractivity contribution in [2.45, 2.75) is 38.6 Å². The molecule has 2 aromatic heterocycles. The molecule has 1 aliphatic heterocycles. The Labute approximate surface area is 140 Å². The van der Waals surface area contributed by atoms with E-state index in [9.17, 15) is 4.79 Å². The maximum Gasteiger partial charge on any atom is 0.226 e. The molecule has 1 saturated heterocycles. The summed E-state index contributed by atoms with van der Waals surface area (Å²) in [5.74, 6) is 1.04. The van der Waals surface area contributed by atoms with Gasteiger partial charge in [0.15, 0.2) is 0 Å². The Morgan fingerprint density at radius 1 is 1.17 bits per heavy atom. The minimum atomic E-state index is -0.00695. The lowest BCUT2D eigenvalue weighted by molar-refractivity contribution is -0.120. The Bertz CT molecular complexity index is 604. The van der Waals surface area contributed by atoms with Gasteiger partial charge in [0.05, 0.1) is 17.6 Å². The lowest BCUT2D eigenvalue weighted by Crippen LogP contribution is -2.26. The summed E-state index contributed by atoms with van der Waals surface area (Å²) in [6.45, 7) is 2.70. The van der Waals surface area contributed by atoms with Gasteiger partial charge in [-0.05, 0) is 24.5 Å². The smallest absolute Gasteiger partial charge is 0.226 e. The van der Waals surface area contributed by atoms with E-state index in [0.29, 0.717) is 13.0 Å². The number of hydrogen-bond donors (Lipinski definition) is 1. The first-order valence-corrected chi connectivity index (χ1v) is 9.09. The molecule has 23 heavy (non-hydrogen) atoms. The van der Waals surface area contributed by atoms with Crippen LogP contribution in [0.15, 0.2) is 29.2 Å². The molecular formula is C17H22N4OS. The van der Waals surface area contributed by atoms with Crippen LogP contribution in [0.4, 0.5) is 5.82 Å². The van der Waals surface area contributed by atoms with Crippen LogP contribution in [0.3, 0.4) is 0 Å². The van der Waals surface area contributed by atoms with Crippen molar-refractivity contribution >= 4 is 23.1 Å². The van der Waals surface area contributed by atoms with Gasteiger partial charge in [-0.15, -0.1) is 11.3 Å². The monoisotopic (exact) mass is 330 g/mol. The van der Waals surface area contributed by atoms with E-state index in [0.717, 1.165) is 30.2 Å². The van der Waals surface area contributed by atoms with Crippen molar-refractivity contribution in [2.75, 3.05) is 18.0 Å². The lowest BCUT2D eigenvalue weighted by atomic mass is 10.2. The van der Waals surface area contributed by atoms with Gasteiger partial charge >= 0.3 is 0 Å². The zero-order chi connectivity index (χ0) is 15.9. The number of carbonyl (C=O) groups is 1. The largest absolute Gasteiger partial charge is 0.357 e. The zero-order valence-corrected chi connectivity index (χ0v) is 14.0. The van der Waals surface area contributed by atoms with Gasteiger partial charge in [0.2, 0.25) is 5.91 Å². The summed E-state index contributed by atoms with van der Waals surface area (Å²) >= 11 is 1.51. The van der Waals surface area contributed by atoms with Gasteiger partial charge < -0.3 is 10.2 Å². The normalized spacial score (nSPS) is 15.2. The molecule has 0 unspecified atom stereocenters. The van der Waals surface area contributed by atoms with Crippen LogP contribution >= 0.6 is 11.3 Å². The summed E-state index contributed by atoms with van der Waals surface area (Å²) in [5.41, 5.74) is 3.59. The summed E-state index contributed by atoms with van der Waals surface area (Å²) in [6.07, 6.45) is 7.33. The van der Waals surface area contributed by atoms with E-state index < -0.39 is 0 Å². The van der Waals surface area contributed by atoms with Gasteiger partial charge in [-0.1, -0.05) is 18.9 Å². The topological polar surface area (TPSA) is 58.1 Å². The molecule has 0 saturated carbocycles. The molecule has 2 aromatic rings. The highest BCUT2D eigenvalue weighted by molar-refractivity contribution is 7.07. The second-order valence-electron chi connectivity index (χ2n) is 5.86. The maximum absolute atomic E-state index is 11.9. The molecule has 3 rings (SSSR count). The molecule has 0 atom stereocenters. The first-order chi connectivity index (χ1) is 11.3. The summed E-state index contributed by atoms with van der Waals surface area (Å²) in [7, 11) is 0. The highest BCUT2D eigenvalue weighted by Gasteiger charge is 2.11. The number of nitrogens with one attached hydrogen (secondary N) is 1. The Balaban J connectivity index is 1.50. The van der Waals surface area contributed by atoms with Crippen LogP contribution in [0.25, 0.3) is 0 Å². The number of rotatable bonds is 5. The number of hydrogen-bond acceptors (Lipinski definition) is 5. The first-order valence-electron chi connectivity index (χ1n) is 8.15. The van der Waals surface area contributed by atoms with E-state index in [4.69, 9.17) is 0 Å². The van der Waals surface area contributed by atoms with Crippen LogP contribution in [-0.4, -0.2) is 29.0 Å². The average Bonchev–Trinajstić information content (AvgIpc) is 2.93. The molecule has 1 aliphatic rings. The fraction of sp³-hybridized carbons (Fsp3) is 0.471. The van der Waals surface area contributed by atoms with Crippen LogP contribution in [0.1, 0.15) is 36.9 Å². The van der Waals surface area contributed by atoms with Gasteiger partial charge in [0.1, 0.15) is 5.82 Å². The van der Waals surface area contributed by atoms with Crippen LogP contribution < -0.4 is 10.2 Å². The standard InChI is InChI=1S/C17H22N4OS/c22-17(9-15-12-23-13-20-15)19-11-14-5-6-16(18-10-14)21-7-3-1-2-4-8-21/h5-6,10,12-13H,1-4,7-9,11H2,(H,19,22). The van der Waals surface area contributed by atoms with Gasteiger partial charge in [-0.2, -0.15) is 0 Å². The summed E-state index contributed by atoms with van der Waals surface area (Å²) < 4.78 is 0. The molecule has 122 valence electrons. The molecule has 0 radical (unpaired) electrons. The average molecular weight is 330 g/mol. The van der Waals surface area contributed by atoms with Crippen LogP contribution in [0, 0.1) is 0 Å². The fourth-order valence-corrected chi connectivity index (χ4v) is 3.32. The fourth-order valence-electron chi connectivity index (χ4n) is 2.76. The third-order valence-corrected chi connectivity index (χ3v) is 4.69. The van der Waals surface area contributed by atoms with Crippen molar-refractivity contribution in [3.05, 3.63) is 40.5 Å². The van der Waals surface area contributed by atoms with Crippen LogP contribution in [0.5, 0.6) is 0 Å². The van der Waals surface area contributed by atoms with E-state index in [-0.39, 0.29) is 5.91 Å². The summed E-state index contributed by atoms with van der Waals surface area (Å²) in [4.78, 5) is 22.9. The quantitative estimate of drug-likeness (QED) is 0.916. The molecule has 1 amide bonds. The van der Waals surface area contributed by atoms with E-state index >= 15 is 0 Å². The lowest BCUT2D eigenvalue weighted by Gasteiger charge is -2.21. The van der Waals surface area contributed by atoms with Crippen molar-refractivity contribution in [3.63, 3.8) is 0 Å². The predicted octanol–water partition coefficient (Wildman–Crippen LogP) is 2.78. The summed E-state index contributed by atoms with van der Waals surface area (Å²) in [6, 6.07) is 4.11. The van der Waals surface area contributed by atoms with Crippen LogP contribution in [0.2, 0.25) is 0 Å². The number of nitrogens with zero attached hydrogens (tertiary/aromatic N) is 3.